The number of anilines is 1. The summed E-state index contributed by atoms with van der Waals surface area (Å²) in [6, 6.07) is 7.75. The number of H-pyrrole nitrogens is 1. The maximum absolute atomic E-state index is 13.2. The summed E-state index contributed by atoms with van der Waals surface area (Å²) < 4.78 is 1.55. The molecule has 0 saturated carbocycles. The van der Waals surface area contributed by atoms with Crippen LogP contribution in [0, 0.1) is 6.92 Å². The molecule has 2 aliphatic rings. The highest BCUT2D eigenvalue weighted by molar-refractivity contribution is 6.33. The second-order valence-corrected chi connectivity index (χ2v) is 8.36. The number of aromatic nitrogens is 4. The average molecular weight is 439 g/mol. The van der Waals surface area contributed by atoms with E-state index < -0.39 is 0 Å². The van der Waals surface area contributed by atoms with Gasteiger partial charge in [-0.1, -0.05) is 23.7 Å². The van der Waals surface area contributed by atoms with Crippen LogP contribution >= 0.6 is 11.6 Å². The van der Waals surface area contributed by atoms with Crippen molar-refractivity contribution in [3.63, 3.8) is 0 Å². The number of nitrogens with one attached hydrogen (secondary N) is 1. The molecule has 0 atom stereocenters. The van der Waals surface area contributed by atoms with E-state index in [1.54, 1.807) is 10.9 Å². The molecule has 31 heavy (non-hydrogen) atoms. The molecule has 5 rings (SSSR count). The Morgan fingerprint density at radius 2 is 1.90 bits per heavy atom. The standard InChI is InChI=1S/C22H23ClN6O2/c1-14-16(13-24-29(14)22-25-18-7-4-5-15(18)20(30)26-22)21(31)28-11-9-27(10-12-28)19-8-3-2-6-17(19)23/h2-3,6,8,13H,4-5,7,9-12H2,1H3,(H,25,26,30). The van der Waals surface area contributed by atoms with Gasteiger partial charge in [-0.05, 0) is 38.3 Å². The molecule has 1 N–H and O–H groups in total. The number of aryl methyl sites for hydroxylation is 1. The lowest BCUT2D eigenvalue weighted by Gasteiger charge is -2.36. The van der Waals surface area contributed by atoms with E-state index in [0.29, 0.717) is 43.4 Å². The van der Waals surface area contributed by atoms with Crippen LogP contribution < -0.4 is 10.5 Å². The van der Waals surface area contributed by atoms with Gasteiger partial charge in [0.2, 0.25) is 5.95 Å². The Kier molecular flexibility index (Phi) is 5.02. The predicted molar refractivity (Wildman–Crippen MR) is 118 cm³/mol. The topological polar surface area (TPSA) is 87.1 Å². The number of carbonyl (C=O) groups excluding carboxylic acids is 1. The molecular weight excluding hydrogens is 416 g/mol. The van der Waals surface area contributed by atoms with Crippen LogP contribution in [-0.2, 0) is 12.8 Å². The van der Waals surface area contributed by atoms with Gasteiger partial charge in [-0.25, -0.2) is 9.67 Å². The molecule has 160 valence electrons. The molecule has 3 heterocycles. The fourth-order valence-electron chi connectivity index (χ4n) is 4.39. The Balaban J connectivity index is 1.34. The van der Waals surface area contributed by atoms with Crippen molar-refractivity contribution < 1.29 is 4.79 Å². The van der Waals surface area contributed by atoms with Crippen molar-refractivity contribution in [2.75, 3.05) is 31.1 Å². The fraction of sp³-hybridized carbons (Fsp3) is 0.364. The van der Waals surface area contributed by atoms with Gasteiger partial charge >= 0.3 is 0 Å². The smallest absolute Gasteiger partial charge is 0.257 e. The molecule has 3 aromatic rings. The Morgan fingerprint density at radius 3 is 2.68 bits per heavy atom. The lowest BCUT2D eigenvalue weighted by molar-refractivity contribution is 0.0746. The highest BCUT2D eigenvalue weighted by Crippen LogP contribution is 2.26. The molecule has 0 radical (unpaired) electrons. The summed E-state index contributed by atoms with van der Waals surface area (Å²) in [6.45, 7) is 4.45. The summed E-state index contributed by atoms with van der Waals surface area (Å²) in [6.07, 6.45) is 4.07. The lowest BCUT2D eigenvalue weighted by Crippen LogP contribution is -2.49. The Morgan fingerprint density at radius 1 is 1.13 bits per heavy atom. The van der Waals surface area contributed by atoms with Crippen LogP contribution in [0.15, 0.2) is 35.3 Å². The van der Waals surface area contributed by atoms with E-state index in [0.717, 1.165) is 41.2 Å². The van der Waals surface area contributed by atoms with Crippen LogP contribution in [0.5, 0.6) is 0 Å². The van der Waals surface area contributed by atoms with Gasteiger partial charge in [0.05, 0.1) is 33.9 Å². The zero-order valence-electron chi connectivity index (χ0n) is 17.3. The quantitative estimate of drug-likeness (QED) is 0.678. The van der Waals surface area contributed by atoms with Crippen LogP contribution in [0.25, 0.3) is 5.95 Å². The summed E-state index contributed by atoms with van der Waals surface area (Å²) in [5.41, 5.74) is 3.66. The summed E-state index contributed by atoms with van der Waals surface area (Å²) in [5.74, 6) is 0.303. The second kappa shape index (κ2) is 7.85. The summed E-state index contributed by atoms with van der Waals surface area (Å²) in [4.78, 5) is 36.9. The van der Waals surface area contributed by atoms with Gasteiger partial charge < -0.3 is 9.80 Å². The molecule has 1 fully saturated rings. The van der Waals surface area contributed by atoms with Crippen molar-refractivity contribution in [1.29, 1.82) is 0 Å². The molecule has 1 aromatic carbocycles. The number of para-hydroxylation sites is 1. The Bertz CT molecular complexity index is 1210. The molecular formula is C22H23ClN6O2. The van der Waals surface area contributed by atoms with Gasteiger partial charge in [-0.15, -0.1) is 0 Å². The van der Waals surface area contributed by atoms with E-state index >= 15 is 0 Å². The van der Waals surface area contributed by atoms with E-state index in [1.165, 1.54) is 0 Å². The first-order valence-corrected chi connectivity index (χ1v) is 10.9. The van der Waals surface area contributed by atoms with Crippen LogP contribution in [0.2, 0.25) is 5.02 Å². The third kappa shape index (κ3) is 3.50. The molecule has 1 aliphatic heterocycles. The predicted octanol–water partition coefficient (Wildman–Crippen LogP) is 2.37. The monoisotopic (exact) mass is 438 g/mol. The molecule has 1 aliphatic carbocycles. The molecule has 8 nitrogen and oxygen atoms in total. The maximum Gasteiger partial charge on any atom is 0.257 e. The van der Waals surface area contributed by atoms with Crippen LogP contribution in [-0.4, -0.2) is 56.7 Å². The van der Waals surface area contributed by atoms with Crippen molar-refractivity contribution >= 4 is 23.2 Å². The number of piperazine rings is 1. The molecule has 0 unspecified atom stereocenters. The Labute approximate surface area is 184 Å². The minimum atomic E-state index is -0.115. The van der Waals surface area contributed by atoms with Gasteiger partial charge in [0.15, 0.2) is 0 Å². The molecule has 0 spiro atoms. The van der Waals surface area contributed by atoms with Crippen LogP contribution in [0.4, 0.5) is 5.69 Å². The van der Waals surface area contributed by atoms with Crippen LogP contribution in [0.3, 0.4) is 0 Å². The number of fused-ring (bicyclic) bond motifs is 1. The molecule has 9 heteroatoms. The average Bonchev–Trinajstić information content (AvgIpc) is 3.40. The number of halogens is 1. The van der Waals surface area contributed by atoms with Gasteiger partial charge in [0, 0.05) is 31.7 Å². The highest BCUT2D eigenvalue weighted by atomic mass is 35.5. The number of hydrogen-bond acceptors (Lipinski definition) is 5. The minimum absolute atomic E-state index is 0.0638. The largest absolute Gasteiger partial charge is 0.367 e. The van der Waals surface area contributed by atoms with E-state index in [1.807, 2.05) is 36.1 Å². The first kappa shape index (κ1) is 19.8. The lowest BCUT2D eigenvalue weighted by atomic mass is 10.2. The first-order chi connectivity index (χ1) is 15.0. The number of amides is 1. The molecule has 1 saturated heterocycles. The van der Waals surface area contributed by atoms with E-state index in [-0.39, 0.29) is 11.5 Å². The third-order valence-electron chi connectivity index (χ3n) is 6.13. The number of nitrogens with zero attached hydrogens (tertiary/aromatic N) is 5. The number of carbonyl (C=O) groups is 1. The number of benzene rings is 1. The third-order valence-corrected chi connectivity index (χ3v) is 6.45. The minimum Gasteiger partial charge on any atom is -0.367 e. The number of aromatic amines is 1. The summed E-state index contributed by atoms with van der Waals surface area (Å²) in [5, 5.41) is 5.07. The first-order valence-electron chi connectivity index (χ1n) is 10.5. The van der Waals surface area contributed by atoms with Gasteiger partial charge in [0.25, 0.3) is 11.5 Å². The van der Waals surface area contributed by atoms with Crippen molar-refractivity contribution in [2.24, 2.45) is 0 Å². The molecule has 0 bridgehead atoms. The van der Waals surface area contributed by atoms with Crippen molar-refractivity contribution in [3.05, 3.63) is 68.4 Å². The van der Waals surface area contributed by atoms with E-state index in [2.05, 4.69) is 20.0 Å². The van der Waals surface area contributed by atoms with Gasteiger partial charge in [-0.2, -0.15) is 5.10 Å². The zero-order chi connectivity index (χ0) is 21.5. The van der Waals surface area contributed by atoms with Gasteiger partial charge in [-0.3, -0.25) is 14.6 Å². The van der Waals surface area contributed by atoms with Gasteiger partial charge in [0.1, 0.15) is 0 Å². The fourth-order valence-corrected chi connectivity index (χ4v) is 4.65. The second-order valence-electron chi connectivity index (χ2n) is 7.95. The molecule has 1 amide bonds. The van der Waals surface area contributed by atoms with E-state index in [9.17, 15) is 9.59 Å². The number of rotatable bonds is 3. The SMILES string of the molecule is Cc1c(C(=O)N2CCN(c3ccccc3Cl)CC2)cnn1-c1nc2c(c(=O)[nH]1)CCC2. The van der Waals surface area contributed by atoms with E-state index in [4.69, 9.17) is 11.6 Å². The maximum atomic E-state index is 13.2. The van der Waals surface area contributed by atoms with Crippen molar-refractivity contribution in [3.8, 4) is 5.95 Å². The summed E-state index contributed by atoms with van der Waals surface area (Å²) >= 11 is 6.32. The van der Waals surface area contributed by atoms with Crippen molar-refractivity contribution in [1.82, 2.24) is 24.6 Å². The summed E-state index contributed by atoms with van der Waals surface area (Å²) in [7, 11) is 0. The zero-order valence-corrected chi connectivity index (χ0v) is 18.0. The highest BCUT2D eigenvalue weighted by Gasteiger charge is 2.27. The van der Waals surface area contributed by atoms with Crippen molar-refractivity contribution in [2.45, 2.75) is 26.2 Å². The Hall–Kier alpha value is -3.13. The normalized spacial score (nSPS) is 15.9. The molecule has 2 aromatic heterocycles. The number of hydrogen-bond donors (Lipinski definition) is 1. The van der Waals surface area contributed by atoms with Crippen LogP contribution in [0.1, 0.15) is 33.7 Å².